The molecule has 1 rings (SSSR count). The minimum absolute atomic E-state index is 0.156. The Morgan fingerprint density at radius 1 is 1.19 bits per heavy atom. The molecule has 0 bridgehead atoms. The van der Waals surface area contributed by atoms with E-state index in [1.165, 1.54) is 0 Å². The average molecular weight is 232 g/mol. The molecule has 0 heterocycles. The zero-order valence-corrected chi connectivity index (χ0v) is 9.30. The Labute approximate surface area is 92.9 Å². The van der Waals surface area contributed by atoms with Crippen molar-refractivity contribution in [2.75, 3.05) is 26.4 Å². The zero-order valence-electron chi connectivity index (χ0n) is 9.30. The van der Waals surface area contributed by atoms with Crippen molar-refractivity contribution in [3.63, 3.8) is 0 Å². The minimum atomic E-state index is -4.33. The van der Waals surface area contributed by atoms with Gasteiger partial charge in [-0.15, -0.1) is 0 Å². The maximum Gasteiger partial charge on any atom is 0.416 e. The second-order valence-electron chi connectivity index (χ2n) is 4.01. The van der Waals surface area contributed by atoms with Gasteiger partial charge in [-0.1, -0.05) is 0 Å². The van der Waals surface area contributed by atoms with Crippen molar-refractivity contribution < 1.29 is 13.2 Å². The molecule has 0 spiro atoms. The Hall–Kier alpha value is -1.23. The fourth-order valence-corrected chi connectivity index (χ4v) is 1.38. The van der Waals surface area contributed by atoms with Crippen LogP contribution in [-0.2, 0) is 12.6 Å². The van der Waals surface area contributed by atoms with E-state index in [-0.39, 0.29) is 5.69 Å². The summed E-state index contributed by atoms with van der Waals surface area (Å²) in [4.78, 5) is 1.91. The first-order valence-corrected chi connectivity index (χ1v) is 4.90. The van der Waals surface area contributed by atoms with Gasteiger partial charge in [-0.25, -0.2) is 0 Å². The van der Waals surface area contributed by atoms with Gasteiger partial charge in [0.05, 0.1) is 5.56 Å². The van der Waals surface area contributed by atoms with Gasteiger partial charge in [-0.05, 0) is 44.3 Å². The number of rotatable bonds is 3. The molecule has 2 N–H and O–H groups in total. The number of hydrogen-bond acceptors (Lipinski definition) is 2. The number of anilines is 1. The molecule has 0 aliphatic carbocycles. The number of hydrogen-bond donors (Lipinski definition) is 1. The van der Waals surface area contributed by atoms with Gasteiger partial charge in [-0.2, -0.15) is 13.2 Å². The highest BCUT2D eigenvalue weighted by Gasteiger charge is 2.30. The first-order chi connectivity index (χ1) is 7.29. The molecule has 1 aromatic carbocycles. The van der Waals surface area contributed by atoms with Gasteiger partial charge in [0.15, 0.2) is 0 Å². The quantitative estimate of drug-likeness (QED) is 0.811. The molecular formula is C11H15F3N2. The Morgan fingerprint density at radius 2 is 1.81 bits per heavy atom. The predicted octanol–water partition coefficient (Wildman–Crippen LogP) is 2.39. The van der Waals surface area contributed by atoms with Crippen LogP contribution in [0.1, 0.15) is 11.1 Å². The van der Waals surface area contributed by atoms with E-state index in [0.29, 0.717) is 18.5 Å². The van der Waals surface area contributed by atoms with E-state index in [0.717, 1.165) is 12.1 Å². The van der Waals surface area contributed by atoms with Gasteiger partial charge in [0.2, 0.25) is 0 Å². The molecule has 0 radical (unpaired) electrons. The molecule has 2 nitrogen and oxygen atoms in total. The number of alkyl halides is 3. The second-order valence-corrected chi connectivity index (χ2v) is 4.01. The fraction of sp³-hybridized carbons (Fsp3) is 0.455. The standard InChI is InChI=1S/C11H15F3N2/c1-16(2)4-3-8-5-9(11(12,13)14)7-10(15)6-8/h5-7H,3-4,15H2,1-2H3. The van der Waals surface area contributed by atoms with Gasteiger partial charge >= 0.3 is 6.18 Å². The summed E-state index contributed by atoms with van der Waals surface area (Å²) in [5, 5.41) is 0. The van der Waals surface area contributed by atoms with Crippen LogP contribution in [0.4, 0.5) is 18.9 Å². The van der Waals surface area contributed by atoms with Gasteiger partial charge in [0, 0.05) is 12.2 Å². The summed E-state index contributed by atoms with van der Waals surface area (Å²) in [6.45, 7) is 0.695. The van der Waals surface area contributed by atoms with E-state index < -0.39 is 11.7 Å². The third-order valence-corrected chi connectivity index (χ3v) is 2.19. The maximum absolute atomic E-state index is 12.5. The number of likely N-dealkylation sites (N-methyl/N-ethyl adjacent to an activating group) is 1. The molecule has 0 fully saturated rings. The zero-order chi connectivity index (χ0) is 12.3. The van der Waals surface area contributed by atoms with Crippen LogP contribution in [-0.4, -0.2) is 25.5 Å². The van der Waals surface area contributed by atoms with Gasteiger partial charge in [0.1, 0.15) is 0 Å². The number of benzene rings is 1. The lowest BCUT2D eigenvalue weighted by Gasteiger charge is -2.12. The van der Waals surface area contributed by atoms with Crippen LogP contribution in [0.25, 0.3) is 0 Å². The van der Waals surface area contributed by atoms with Gasteiger partial charge in [-0.3, -0.25) is 0 Å². The van der Waals surface area contributed by atoms with E-state index in [1.54, 1.807) is 6.07 Å². The van der Waals surface area contributed by atoms with Crippen LogP contribution in [0, 0.1) is 0 Å². The van der Waals surface area contributed by atoms with Crippen LogP contribution >= 0.6 is 0 Å². The van der Waals surface area contributed by atoms with E-state index in [1.807, 2.05) is 19.0 Å². The maximum atomic E-state index is 12.5. The summed E-state index contributed by atoms with van der Waals surface area (Å²) < 4.78 is 37.4. The summed E-state index contributed by atoms with van der Waals surface area (Å²) in [5.41, 5.74) is 5.54. The van der Waals surface area contributed by atoms with Crippen LogP contribution in [0.5, 0.6) is 0 Å². The lowest BCUT2D eigenvalue weighted by molar-refractivity contribution is -0.137. The molecule has 0 aromatic heterocycles. The highest BCUT2D eigenvalue weighted by Crippen LogP contribution is 2.31. The molecule has 0 unspecified atom stereocenters. The summed E-state index contributed by atoms with van der Waals surface area (Å²) in [5.74, 6) is 0. The molecule has 1 aromatic rings. The van der Waals surface area contributed by atoms with Crippen molar-refractivity contribution in [2.45, 2.75) is 12.6 Å². The van der Waals surface area contributed by atoms with E-state index in [9.17, 15) is 13.2 Å². The minimum Gasteiger partial charge on any atom is -0.399 e. The Kier molecular flexibility index (Phi) is 3.80. The molecule has 0 aliphatic heterocycles. The summed E-state index contributed by atoms with van der Waals surface area (Å²) in [6.07, 6.45) is -3.77. The van der Waals surface area contributed by atoms with Crippen molar-refractivity contribution in [2.24, 2.45) is 0 Å². The van der Waals surface area contributed by atoms with E-state index in [2.05, 4.69) is 0 Å². The number of nitrogens with two attached hydrogens (primary N) is 1. The number of nitrogen functional groups attached to an aromatic ring is 1. The van der Waals surface area contributed by atoms with Crippen molar-refractivity contribution in [1.29, 1.82) is 0 Å². The summed E-state index contributed by atoms with van der Waals surface area (Å²) in [6, 6.07) is 3.69. The third kappa shape index (κ3) is 3.73. The Balaban J connectivity index is 2.90. The predicted molar refractivity (Wildman–Crippen MR) is 58.1 cm³/mol. The molecule has 16 heavy (non-hydrogen) atoms. The monoisotopic (exact) mass is 232 g/mol. The third-order valence-electron chi connectivity index (χ3n) is 2.19. The smallest absolute Gasteiger partial charge is 0.399 e. The Bertz CT molecular complexity index is 359. The molecule has 0 saturated carbocycles. The van der Waals surface area contributed by atoms with Crippen molar-refractivity contribution >= 4 is 5.69 Å². The largest absolute Gasteiger partial charge is 0.416 e. The summed E-state index contributed by atoms with van der Waals surface area (Å²) >= 11 is 0. The van der Waals surface area contributed by atoms with E-state index in [4.69, 9.17) is 5.73 Å². The average Bonchev–Trinajstić information content (AvgIpc) is 2.12. The number of nitrogens with zero attached hydrogens (tertiary/aromatic N) is 1. The molecule has 0 atom stereocenters. The normalized spacial score (nSPS) is 12.1. The molecule has 90 valence electrons. The molecule has 0 aliphatic rings. The van der Waals surface area contributed by atoms with E-state index >= 15 is 0 Å². The van der Waals surface area contributed by atoms with Crippen molar-refractivity contribution in [3.8, 4) is 0 Å². The lowest BCUT2D eigenvalue weighted by Crippen LogP contribution is -2.15. The highest BCUT2D eigenvalue weighted by atomic mass is 19.4. The lowest BCUT2D eigenvalue weighted by atomic mass is 10.1. The molecule has 0 amide bonds. The first-order valence-electron chi connectivity index (χ1n) is 4.90. The van der Waals surface area contributed by atoms with Crippen LogP contribution in [0.2, 0.25) is 0 Å². The van der Waals surface area contributed by atoms with Crippen LogP contribution in [0.3, 0.4) is 0 Å². The molecular weight excluding hydrogens is 217 g/mol. The topological polar surface area (TPSA) is 29.3 Å². The number of halogens is 3. The van der Waals surface area contributed by atoms with Crippen LogP contribution in [0.15, 0.2) is 18.2 Å². The van der Waals surface area contributed by atoms with Crippen molar-refractivity contribution in [3.05, 3.63) is 29.3 Å². The SMILES string of the molecule is CN(C)CCc1cc(N)cc(C(F)(F)F)c1. The highest BCUT2D eigenvalue weighted by molar-refractivity contribution is 5.45. The van der Waals surface area contributed by atoms with Crippen molar-refractivity contribution in [1.82, 2.24) is 4.90 Å². The molecule has 5 heteroatoms. The van der Waals surface area contributed by atoms with Crippen LogP contribution < -0.4 is 5.73 Å². The van der Waals surface area contributed by atoms with Gasteiger partial charge < -0.3 is 10.6 Å². The van der Waals surface area contributed by atoms with Gasteiger partial charge in [0.25, 0.3) is 0 Å². The Morgan fingerprint density at radius 3 is 2.31 bits per heavy atom. The fourth-order valence-electron chi connectivity index (χ4n) is 1.38. The first kappa shape index (κ1) is 12.8. The summed E-state index contributed by atoms with van der Waals surface area (Å²) in [7, 11) is 3.74. The second kappa shape index (κ2) is 4.74. The molecule has 0 saturated heterocycles.